The van der Waals surface area contributed by atoms with Crippen LogP contribution in [0.4, 0.5) is 5.69 Å². The molecule has 0 spiro atoms. The van der Waals surface area contributed by atoms with Crippen LogP contribution in [-0.4, -0.2) is 75.8 Å². The highest BCUT2D eigenvalue weighted by atomic mass is 32.2. The van der Waals surface area contributed by atoms with Crippen LogP contribution in [0.5, 0.6) is 0 Å². The van der Waals surface area contributed by atoms with Crippen molar-refractivity contribution in [2.75, 3.05) is 50.7 Å². The number of amides is 2. The second kappa shape index (κ2) is 7.95. The van der Waals surface area contributed by atoms with E-state index in [1.807, 2.05) is 0 Å². The summed E-state index contributed by atoms with van der Waals surface area (Å²) in [5, 5.41) is 0. The van der Waals surface area contributed by atoms with Gasteiger partial charge in [-0.25, -0.2) is 13.1 Å². The molecular weight excluding hydrogens is 368 g/mol. The van der Waals surface area contributed by atoms with Gasteiger partial charge in [-0.1, -0.05) is 6.92 Å². The number of carbonyl (C=O) groups is 2. The van der Waals surface area contributed by atoms with Gasteiger partial charge < -0.3 is 14.7 Å². The van der Waals surface area contributed by atoms with E-state index in [-0.39, 0.29) is 23.3 Å². The first kappa shape index (κ1) is 19.8. The van der Waals surface area contributed by atoms with Gasteiger partial charge in [0.1, 0.15) is 0 Å². The molecule has 1 fully saturated rings. The van der Waals surface area contributed by atoms with Crippen LogP contribution in [0.15, 0.2) is 23.1 Å². The van der Waals surface area contributed by atoms with Crippen LogP contribution in [0.2, 0.25) is 0 Å². The lowest BCUT2D eigenvalue weighted by atomic mass is 10.2. The molecule has 1 aromatic carbocycles. The SMILES string of the molecule is CCN1CCN(C(=O)CNS(=O)(=O)c2ccc3c(c2)CCN3C(C)=O)CC1. The Bertz CT molecular complexity index is 832. The van der Waals surface area contributed by atoms with Gasteiger partial charge in [-0.05, 0) is 36.7 Å². The van der Waals surface area contributed by atoms with Crippen molar-refractivity contribution >= 4 is 27.5 Å². The molecule has 2 aliphatic heterocycles. The van der Waals surface area contributed by atoms with Crippen LogP contribution in [0.25, 0.3) is 0 Å². The molecule has 27 heavy (non-hydrogen) atoms. The predicted molar refractivity (Wildman–Crippen MR) is 102 cm³/mol. The number of benzene rings is 1. The number of hydrogen-bond donors (Lipinski definition) is 1. The average molecular weight is 394 g/mol. The number of piperazine rings is 1. The van der Waals surface area contributed by atoms with Gasteiger partial charge >= 0.3 is 0 Å². The summed E-state index contributed by atoms with van der Waals surface area (Å²) in [4.78, 5) is 29.6. The van der Waals surface area contributed by atoms with Crippen molar-refractivity contribution in [1.29, 1.82) is 0 Å². The molecule has 0 unspecified atom stereocenters. The normalized spacial score (nSPS) is 17.9. The lowest BCUT2D eigenvalue weighted by molar-refractivity contribution is -0.131. The van der Waals surface area contributed by atoms with E-state index < -0.39 is 10.0 Å². The molecule has 1 saturated heterocycles. The first-order valence-electron chi connectivity index (χ1n) is 9.22. The van der Waals surface area contributed by atoms with E-state index in [9.17, 15) is 18.0 Å². The summed E-state index contributed by atoms with van der Waals surface area (Å²) in [7, 11) is -3.78. The number of nitrogens with one attached hydrogen (secondary N) is 1. The molecule has 0 atom stereocenters. The van der Waals surface area contributed by atoms with Crippen molar-refractivity contribution in [1.82, 2.24) is 14.5 Å². The molecule has 0 aliphatic carbocycles. The van der Waals surface area contributed by atoms with E-state index in [1.54, 1.807) is 21.9 Å². The molecule has 2 aliphatic rings. The van der Waals surface area contributed by atoms with Gasteiger partial charge in [0.05, 0.1) is 11.4 Å². The molecule has 148 valence electrons. The minimum absolute atomic E-state index is 0.0590. The van der Waals surface area contributed by atoms with Gasteiger partial charge in [0.2, 0.25) is 21.8 Å². The minimum atomic E-state index is -3.78. The van der Waals surface area contributed by atoms with E-state index >= 15 is 0 Å². The fourth-order valence-corrected chi connectivity index (χ4v) is 4.56. The van der Waals surface area contributed by atoms with Gasteiger partial charge in [0.25, 0.3) is 0 Å². The Labute approximate surface area is 160 Å². The summed E-state index contributed by atoms with van der Waals surface area (Å²) in [6.45, 7) is 7.70. The molecule has 3 rings (SSSR count). The number of anilines is 1. The lowest BCUT2D eigenvalue weighted by Gasteiger charge is -2.34. The fourth-order valence-electron chi connectivity index (χ4n) is 3.54. The van der Waals surface area contributed by atoms with Crippen molar-refractivity contribution in [3.05, 3.63) is 23.8 Å². The maximum absolute atomic E-state index is 12.6. The Morgan fingerprint density at radius 3 is 2.44 bits per heavy atom. The van der Waals surface area contributed by atoms with Gasteiger partial charge in [-0.3, -0.25) is 9.59 Å². The van der Waals surface area contributed by atoms with Crippen molar-refractivity contribution in [2.24, 2.45) is 0 Å². The zero-order valence-corrected chi connectivity index (χ0v) is 16.6. The number of hydrogen-bond acceptors (Lipinski definition) is 5. The Morgan fingerprint density at radius 1 is 1.11 bits per heavy atom. The van der Waals surface area contributed by atoms with E-state index in [1.165, 1.54) is 13.0 Å². The fraction of sp³-hybridized carbons (Fsp3) is 0.556. The summed E-state index contributed by atoms with van der Waals surface area (Å²) in [6.07, 6.45) is 0.624. The smallest absolute Gasteiger partial charge is 0.241 e. The summed E-state index contributed by atoms with van der Waals surface area (Å²) in [5.41, 5.74) is 1.58. The van der Waals surface area contributed by atoms with E-state index in [2.05, 4.69) is 16.5 Å². The highest BCUT2D eigenvalue weighted by molar-refractivity contribution is 7.89. The zero-order chi connectivity index (χ0) is 19.6. The molecule has 0 saturated carbocycles. The third kappa shape index (κ3) is 4.31. The van der Waals surface area contributed by atoms with Gasteiger partial charge in [-0.15, -0.1) is 0 Å². The number of nitrogens with zero attached hydrogens (tertiary/aromatic N) is 3. The van der Waals surface area contributed by atoms with Crippen LogP contribution >= 0.6 is 0 Å². The monoisotopic (exact) mass is 394 g/mol. The first-order chi connectivity index (χ1) is 12.8. The standard InChI is InChI=1S/C18H26N4O4S/c1-3-20-8-10-21(11-9-20)18(24)13-19-27(25,26)16-4-5-17-15(12-16)6-7-22(17)14(2)23/h4-5,12,19H,3,6-11,13H2,1-2H3. The van der Waals surface area contributed by atoms with E-state index in [4.69, 9.17) is 0 Å². The van der Waals surface area contributed by atoms with Crippen LogP contribution in [0, 0.1) is 0 Å². The molecule has 2 heterocycles. The maximum atomic E-state index is 12.6. The molecule has 1 N–H and O–H groups in total. The molecule has 8 nitrogen and oxygen atoms in total. The maximum Gasteiger partial charge on any atom is 0.241 e. The number of sulfonamides is 1. The minimum Gasteiger partial charge on any atom is -0.339 e. The topological polar surface area (TPSA) is 90.0 Å². The Hall–Kier alpha value is -1.97. The Balaban J connectivity index is 1.62. The Kier molecular flexibility index (Phi) is 5.83. The van der Waals surface area contributed by atoms with Crippen LogP contribution in [0.1, 0.15) is 19.4 Å². The third-order valence-electron chi connectivity index (χ3n) is 5.22. The van der Waals surface area contributed by atoms with Gasteiger partial charge in [0, 0.05) is 45.3 Å². The highest BCUT2D eigenvalue weighted by Gasteiger charge is 2.26. The lowest BCUT2D eigenvalue weighted by Crippen LogP contribution is -2.51. The number of carbonyl (C=O) groups excluding carboxylic acids is 2. The first-order valence-corrected chi connectivity index (χ1v) is 10.7. The Morgan fingerprint density at radius 2 is 1.81 bits per heavy atom. The van der Waals surface area contributed by atoms with Crippen LogP contribution in [0.3, 0.4) is 0 Å². The average Bonchev–Trinajstić information content (AvgIpc) is 3.10. The van der Waals surface area contributed by atoms with Crippen molar-refractivity contribution < 1.29 is 18.0 Å². The largest absolute Gasteiger partial charge is 0.339 e. The number of rotatable bonds is 5. The summed E-state index contributed by atoms with van der Waals surface area (Å²) < 4.78 is 27.5. The van der Waals surface area contributed by atoms with Gasteiger partial charge in [-0.2, -0.15) is 0 Å². The van der Waals surface area contributed by atoms with E-state index in [0.717, 1.165) is 30.9 Å². The molecular formula is C18H26N4O4S. The third-order valence-corrected chi connectivity index (χ3v) is 6.62. The molecule has 1 aromatic rings. The molecule has 0 radical (unpaired) electrons. The second-order valence-corrected chi connectivity index (χ2v) is 8.62. The van der Waals surface area contributed by atoms with Gasteiger partial charge in [0.15, 0.2) is 0 Å². The second-order valence-electron chi connectivity index (χ2n) is 6.85. The van der Waals surface area contributed by atoms with E-state index in [0.29, 0.717) is 26.1 Å². The summed E-state index contributed by atoms with van der Waals surface area (Å²) in [6, 6.07) is 4.72. The summed E-state index contributed by atoms with van der Waals surface area (Å²) in [5.74, 6) is -0.269. The molecule has 2 amide bonds. The van der Waals surface area contributed by atoms with Crippen LogP contribution < -0.4 is 9.62 Å². The number of fused-ring (bicyclic) bond motifs is 1. The summed E-state index contributed by atoms with van der Waals surface area (Å²) >= 11 is 0. The van der Waals surface area contributed by atoms with Crippen molar-refractivity contribution in [3.8, 4) is 0 Å². The van der Waals surface area contributed by atoms with Crippen LogP contribution in [-0.2, 0) is 26.0 Å². The predicted octanol–water partition coefficient (Wildman–Crippen LogP) is 0.0380. The zero-order valence-electron chi connectivity index (χ0n) is 15.8. The molecule has 0 bridgehead atoms. The highest BCUT2D eigenvalue weighted by Crippen LogP contribution is 2.30. The number of likely N-dealkylation sites (N-methyl/N-ethyl adjacent to an activating group) is 1. The quantitative estimate of drug-likeness (QED) is 0.762. The van der Waals surface area contributed by atoms with Crippen molar-refractivity contribution in [3.63, 3.8) is 0 Å². The van der Waals surface area contributed by atoms with Crippen molar-refractivity contribution in [2.45, 2.75) is 25.2 Å². The molecule has 9 heteroatoms. The molecule has 0 aromatic heterocycles.